The summed E-state index contributed by atoms with van der Waals surface area (Å²) in [7, 11) is 3.92. The van der Waals surface area contributed by atoms with Crippen molar-refractivity contribution in [1.29, 1.82) is 0 Å². The number of nitrogens with zero attached hydrogens (tertiary/aromatic N) is 2. The number of hydrogen-bond donors (Lipinski definition) is 1. The standard InChI is InChI=1S/C15H21N3O/c1-4-19-14-7-5-13(6-8-14)15(16-2)9-12-10-17-18(3)11-12/h5-8,10-11,15-16H,4,9H2,1-3H3. The van der Waals surface area contributed by atoms with E-state index in [1.165, 1.54) is 11.1 Å². The van der Waals surface area contributed by atoms with E-state index in [1.54, 1.807) is 0 Å². The normalized spacial score (nSPS) is 12.4. The average molecular weight is 259 g/mol. The number of ether oxygens (including phenoxy) is 1. The van der Waals surface area contributed by atoms with Crippen LogP contribution in [0.1, 0.15) is 24.1 Å². The maximum atomic E-state index is 5.46. The minimum atomic E-state index is 0.292. The van der Waals surface area contributed by atoms with Gasteiger partial charge in [-0.05, 0) is 43.7 Å². The Morgan fingerprint density at radius 3 is 2.58 bits per heavy atom. The number of likely N-dealkylation sites (N-methyl/N-ethyl adjacent to an activating group) is 1. The molecule has 0 amide bonds. The molecule has 2 rings (SSSR count). The third-order valence-corrected chi connectivity index (χ3v) is 3.14. The van der Waals surface area contributed by atoms with Crippen LogP contribution in [0.2, 0.25) is 0 Å². The Balaban J connectivity index is 2.08. The van der Waals surface area contributed by atoms with Crippen molar-refractivity contribution in [3.8, 4) is 5.75 Å². The monoisotopic (exact) mass is 259 g/mol. The topological polar surface area (TPSA) is 39.1 Å². The zero-order valence-corrected chi connectivity index (χ0v) is 11.8. The van der Waals surface area contributed by atoms with Crippen molar-refractivity contribution in [1.82, 2.24) is 15.1 Å². The van der Waals surface area contributed by atoms with Gasteiger partial charge in [-0.25, -0.2) is 0 Å². The molecule has 0 radical (unpaired) electrons. The first-order valence-corrected chi connectivity index (χ1v) is 6.60. The van der Waals surface area contributed by atoms with Crippen molar-refractivity contribution >= 4 is 0 Å². The van der Waals surface area contributed by atoms with Gasteiger partial charge in [-0.3, -0.25) is 4.68 Å². The highest BCUT2D eigenvalue weighted by Crippen LogP contribution is 2.21. The maximum absolute atomic E-state index is 5.46. The second-order valence-electron chi connectivity index (χ2n) is 4.57. The molecule has 0 aliphatic rings. The summed E-state index contributed by atoms with van der Waals surface area (Å²) in [6.45, 7) is 2.69. The summed E-state index contributed by atoms with van der Waals surface area (Å²) in [4.78, 5) is 0. The Labute approximate surface area is 114 Å². The molecular weight excluding hydrogens is 238 g/mol. The highest BCUT2D eigenvalue weighted by atomic mass is 16.5. The van der Waals surface area contributed by atoms with Gasteiger partial charge in [0.2, 0.25) is 0 Å². The minimum Gasteiger partial charge on any atom is -0.494 e. The van der Waals surface area contributed by atoms with Crippen LogP contribution in [-0.4, -0.2) is 23.4 Å². The first-order valence-electron chi connectivity index (χ1n) is 6.60. The fraction of sp³-hybridized carbons (Fsp3) is 0.400. The number of hydrogen-bond acceptors (Lipinski definition) is 3. The lowest BCUT2D eigenvalue weighted by atomic mass is 10.0. The Morgan fingerprint density at radius 1 is 1.32 bits per heavy atom. The summed E-state index contributed by atoms with van der Waals surface area (Å²) >= 11 is 0. The molecule has 0 fully saturated rings. The van der Waals surface area contributed by atoms with Gasteiger partial charge in [-0.15, -0.1) is 0 Å². The van der Waals surface area contributed by atoms with Gasteiger partial charge in [0.1, 0.15) is 5.75 Å². The number of rotatable bonds is 6. The van der Waals surface area contributed by atoms with Crippen molar-refractivity contribution in [2.24, 2.45) is 7.05 Å². The Kier molecular flexibility index (Phi) is 4.58. The van der Waals surface area contributed by atoms with Gasteiger partial charge in [0, 0.05) is 19.3 Å². The van der Waals surface area contributed by atoms with Crippen molar-refractivity contribution < 1.29 is 4.74 Å². The van der Waals surface area contributed by atoms with Crippen LogP contribution in [0.25, 0.3) is 0 Å². The van der Waals surface area contributed by atoms with E-state index < -0.39 is 0 Å². The summed E-state index contributed by atoms with van der Waals surface area (Å²) in [5, 5.41) is 7.55. The number of nitrogens with one attached hydrogen (secondary N) is 1. The zero-order chi connectivity index (χ0) is 13.7. The molecule has 1 N–H and O–H groups in total. The smallest absolute Gasteiger partial charge is 0.119 e. The molecule has 2 aromatic rings. The third kappa shape index (κ3) is 3.58. The van der Waals surface area contributed by atoms with E-state index in [-0.39, 0.29) is 0 Å². The molecule has 1 aromatic heterocycles. The molecule has 1 unspecified atom stereocenters. The van der Waals surface area contributed by atoms with E-state index in [9.17, 15) is 0 Å². The highest BCUT2D eigenvalue weighted by molar-refractivity contribution is 5.30. The van der Waals surface area contributed by atoms with Gasteiger partial charge in [0.15, 0.2) is 0 Å². The predicted molar refractivity (Wildman–Crippen MR) is 76.3 cm³/mol. The minimum absolute atomic E-state index is 0.292. The Bertz CT molecular complexity index is 504. The van der Waals surface area contributed by atoms with Gasteiger partial charge in [0.05, 0.1) is 12.8 Å². The molecule has 102 valence electrons. The third-order valence-electron chi connectivity index (χ3n) is 3.14. The fourth-order valence-corrected chi connectivity index (χ4v) is 2.16. The highest BCUT2D eigenvalue weighted by Gasteiger charge is 2.11. The SMILES string of the molecule is CCOc1ccc(C(Cc2cnn(C)c2)NC)cc1. The van der Waals surface area contributed by atoms with Crippen LogP contribution in [-0.2, 0) is 13.5 Å². The molecular formula is C15H21N3O. The summed E-state index contributed by atoms with van der Waals surface area (Å²) in [5.41, 5.74) is 2.49. The molecule has 0 bridgehead atoms. The Hall–Kier alpha value is -1.81. The molecule has 1 atom stereocenters. The molecule has 0 aliphatic heterocycles. The Morgan fingerprint density at radius 2 is 2.05 bits per heavy atom. The average Bonchev–Trinajstić information content (AvgIpc) is 2.83. The van der Waals surface area contributed by atoms with Crippen LogP contribution < -0.4 is 10.1 Å². The molecule has 19 heavy (non-hydrogen) atoms. The van der Waals surface area contributed by atoms with E-state index in [0.717, 1.165) is 12.2 Å². The van der Waals surface area contributed by atoms with Gasteiger partial charge in [-0.2, -0.15) is 5.10 Å². The van der Waals surface area contributed by atoms with E-state index in [4.69, 9.17) is 4.74 Å². The first kappa shape index (κ1) is 13.6. The molecule has 0 spiro atoms. The predicted octanol–water partition coefficient (Wildman–Crippen LogP) is 2.32. The summed E-state index contributed by atoms with van der Waals surface area (Å²) in [5.74, 6) is 0.919. The van der Waals surface area contributed by atoms with Crippen LogP contribution in [0.4, 0.5) is 0 Å². The maximum Gasteiger partial charge on any atom is 0.119 e. The van der Waals surface area contributed by atoms with Crippen molar-refractivity contribution in [2.75, 3.05) is 13.7 Å². The summed E-state index contributed by atoms with van der Waals surface area (Å²) in [6, 6.07) is 8.56. The molecule has 0 saturated carbocycles. The lowest BCUT2D eigenvalue weighted by Gasteiger charge is -2.16. The van der Waals surface area contributed by atoms with Gasteiger partial charge in [0.25, 0.3) is 0 Å². The van der Waals surface area contributed by atoms with Crippen molar-refractivity contribution in [3.05, 3.63) is 47.8 Å². The van der Waals surface area contributed by atoms with Crippen molar-refractivity contribution in [3.63, 3.8) is 0 Å². The van der Waals surface area contributed by atoms with E-state index >= 15 is 0 Å². The molecule has 1 aromatic carbocycles. The van der Waals surface area contributed by atoms with E-state index in [0.29, 0.717) is 12.6 Å². The summed E-state index contributed by atoms with van der Waals surface area (Å²) in [6.07, 6.45) is 4.90. The zero-order valence-electron chi connectivity index (χ0n) is 11.8. The molecule has 1 heterocycles. The first-order chi connectivity index (χ1) is 9.22. The van der Waals surface area contributed by atoms with Crippen LogP contribution in [0.5, 0.6) is 5.75 Å². The quantitative estimate of drug-likeness (QED) is 0.865. The van der Waals surface area contributed by atoms with Gasteiger partial charge >= 0.3 is 0 Å². The summed E-state index contributed by atoms with van der Waals surface area (Å²) < 4.78 is 7.30. The number of benzene rings is 1. The largest absolute Gasteiger partial charge is 0.494 e. The lowest BCUT2D eigenvalue weighted by Crippen LogP contribution is -2.18. The second-order valence-corrected chi connectivity index (χ2v) is 4.57. The van der Waals surface area contributed by atoms with Crippen LogP contribution in [0.15, 0.2) is 36.7 Å². The van der Waals surface area contributed by atoms with Crippen LogP contribution in [0, 0.1) is 0 Å². The lowest BCUT2D eigenvalue weighted by molar-refractivity contribution is 0.340. The van der Waals surface area contributed by atoms with Crippen molar-refractivity contribution in [2.45, 2.75) is 19.4 Å². The van der Waals surface area contributed by atoms with Crippen LogP contribution in [0.3, 0.4) is 0 Å². The second kappa shape index (κ2) is 6.38. The van der Waals surface area contributed by atoms with E-state index in [2.05, 4.69) is 28.7 Å². The van der Waals surface area contributed by atoms with Crippen LogP contribution >= 0.6 is 0 Å². The number of aromatic nitrogens is 2. The molecule has 4 heteroatoms. The van der Waals surface area contributed by atoms with Gasteiger partial charge < -0.3 is 10.1 Å². The number of aryl methyl sites for hydroxylation is 1. The van der Waals surface area contributed by atoms with Gasteiger partial charge in [-0.1, -0.05) is 12.1 Å². The molecule has 0 saturated heterocycles. The molecule has 0 aliphatic carbocycles. The fourth-order valence-electron chi connectivity index (χ4n) is 2.16. The van der Waals surface area contributed by atoms with E-state index in [1.807, 2.05) is 44.0 Å². The molecule has 4 nitrogen and oxygen atoms in total.